The fraction of sp³-hybridized carbons (Fsp3) is 0.615. The van der Waals surface area contributed by atoms with Gasteiger partial charge < -0.3 is 14.6 Å². The van der Waals surface area contributed by atoms with Gasteiger partial charge in [-0.25, -0.2) is 4.79 Å². The molecule has 0 spiro atoms. The molecule has 0 amide bonds. The summed E-state index contributed by atoms with van der Waals surface area (Å²) in [4.78, 5) is 13.1. The first kappa shape index (κ1) is 14.7. The van der Waals surface area contributed by atoms with Crippen LogP contribution in [-0.4, -0.2) is 40.3 Å². The summed E-state index contributed by atoms with van der Waals surface area (Å²) in [5.41, 5.74) is 0.218. The molecule has 2 N–H and O–H groups in total. The van der Waals surface area contributed by atoms with Gasteiger partial charge in [0.1, 0.15) is 17.1 Å². The highest BCUT2D eigenvalue weighted by Crippen LogP contribution is 2.17. The minimum absolute atomic E-state index is 0.154. The standard InChI is InChI=1S/C13H21NO4/c1-9(2)14(5-4-6-15)8-11-7-12(13(16)17)10(3)18-11/h7,9,15H,4-6,8H2,1-3H3,(H,16,17). The largest absolute Gasteiger partial charge is 0.478 e. The summed E-state index contributed by atoms with van der Waals surface area (Å²) in [5, 5.41) is 17.8. The highest BCUT2D eigenvalue weighted by molar-refractivity contribution is 5.88. The lowest BCUT2D eigenvalue weighted by Gasteiger charge is -2.24. The molecule has 0 unspecified atom stereocenters. The molecular weight excluding hydrogens is 234 g/mol. The van der Waals surface area contributed by atoms with Gasteiger partial charge in [-0.05, 0) is 33.3 Å². The molecule has 0 aliphatic heterocycles. The minimum atomic E-state index is -0.964. The monoisotopic (exact) mass is 255 g/mol. The molecule has 0 aromatic carbocycles. The predicted octanol–water partition coefficient (Wildman–Crippen LogP) is 1.88. The van der Waals surface area contributed by atoms with E-state index >= 15 is 0 Å². The lowest BCUT2D eigenvalue weighted by Crippen LogP contribution is -2.31. The SMILES string of the molecule is Cc1oc(CN(CCCO)C(C)C)cc1C(=O)O. The number of aryl methyl sites for hydroxylation is 1. The summed E-state index contributed by atoms with van der Waals surface area (Å²) < 4.78 is 5.45. The van der Waals surface area contributed by atoms with Crippen molar-refractivity contribution in [1.82, 2.24) is 4.90 Å². The van der Waals surface area contributed by atoms with Crippen LogP contribution in [0.2, 0.25) is 0 Å². The Hall–Kier alpha value is -1.33. The Bertz CT molecular complexity index is 398. The van der Waals surface area contributed by atoms with E-state index in [1.807, 2.05) is 0 Å². The second-order valence-electron chi connectivity index (χ2n) is 4.63. The topological polar surface area (TPSA) is 73.9 Å². The number of aromatic carboxylic acids is 1. The van der Waals surface area contributed by atoms with Gasteiger partial charge in [0.2, 0.25) is 0 Å². The first-order chi connectivity index (χ1) is 8.45. The molecule has 1 heterocycles. The first-order valence-electron chi connectivity index (χ1n) is 6.13. The molecule has 1 rings (SSSR count). The van der Waals surface area contributed by atoms with Gasteiger partial charge >= 0.3 is 5.97 Å². The Kier molecular flexibility index (Phi) is 5.37. The molecule has 1 aromatic rings. The van der Waals surface area contributed by atoms with Gasteiger partial charge in [-0.3, -0.25) is 4.90 Å². The fourth-order valence-electron chi connectivity index (χ4n) is 1.83. The van der Waals surface area contributed by atoms with Gasteiger partial charge in [0, 0.05) is 19.2 Å². The first-order valence-corrected chi connectivity index (χ1v) is 6.13. The van der Waals surface area contributed by atoms with Crippen molar-refractivity contribution in [2.75, 3.05) is 13.2 Å². The van der Waals surface area contributed by atoms with Crippen molar-refractivity contribution >= 4 is 5.97 Å². The van der Waals surface area contributed by atoms with Crippen LogP contribution in [0.3, 0.4) is 0 Å². The van der Waals surface area contributed by atoms with E-state index in [1.54, 1.807) is 13.0 Å². The summed E-state index contributed by atoms with van der Waals surface area (Å²) in [7, 11) is 0. The number of aliphatic hydroxyl groups excluding tert-OH is 1. The van der Waals surface area contributed by atoms with Gasteiger partial charge in [-0.2, -0.15) is 0 Å². The molecule has 5 heteroatoms. The van der Waals surface area contributed by atoms with Crippen LogP contribution in [0.25, 0.3) is 0 Å². The van der Waals surface area contributed by atoms with E-state index in [2.05, 4.69) is 18.7 Å². The van der Waals surface area contributed by atoms with Crippen molar-refractivity contribution < 1.29 is 19.4 Å². The van der Waals surface area contributed by atoms with Crippen molar-refractivity contribution in [3.05, 3.63) is 23.2 Å². The number of carbonyl (C=O) groups is 1. The predicted molar refractivity (Wildman–Crippen MR) is 67.7 cm³/mol. The van der Waals surface area contributed by atoms with Crippen LogP contribution < -0.4 is 0 Å². The van der Waals surface area contributed by atoms with E-state index in [0.717, 1.165) is 6.54 Å². The van der Waals surface area contributed by atoms with E-state index in [0.29, 0.717) is 30.5 Å². The molecule has 0 saturated carbocycles. The molecule has 0 aliphatic carbocycles. The van der Waals surface area contributed by atoms with Crippen LogP contribution in [0.15, 0.2) is 10.5 Å². The summed E-state index contributed by atoms with van der Waals surface area (Å²) in [6, 6.07) is 1.89. The summed E-state index contributed by atoms with van der Waals surface area (Å²) in [6.07, 6.45) is 0.698. The number of aliphatic hydroxyl groups is 1. The minimum Gasteiger partial charge on any atom is -0.478 e. The van der Waals surface area contributed by atoms with Crippen molar-refractivity contribution in [3.63, 3.8) is 0 Å². The number of carboxylic acid groups (broad SMARTS) is 1. The maximum absolute atomic E-state index is 10.9. The molecule has 5 nitrogen and oxygen atoms in total. The number of rotatable bonds is 7. The quantitative estimate of drug-likeness (QED) is 0.778. The molecule has 18 heavy (non-hydrogen) atoms. The average Bonchev–Trinajstić information content (AvgIpc) is 2.65. The van der Waals surface area contributed by atoms with Crippen LogP contribution in [-0.2, 0) is 6.54 Å². The van der Waals surface area contributed by atoms with E-state index in [9.17, 15) is 4.79 Å². The fourth-order valence-corrected chi connectivity index (χ4v) is 1.83. The van der Waals surface area contributed by atoms with E-state index < -0.39 is 5.97 Å². The highest BCUT2D eigenvalue weighted by Gasteiger charge is 2.17. The van der Waals surface area contributed by atoms with Crippen molar-refractivity contribution in [1.29, 1.82) is 0 Å². The Morgan fingerprint density at radius 2 is 2.17 bits per heavy atom. The number of hydrogen-bond acceptors (Lipinski definition) is 4. The molecule has 0 saturated heterocycles. The van der Waals surface area contributed by atoms with Crippen LogP contribution >= 0.6 is 0 Å². The van der Waals surface area contributed by atoms with E-state index in [4.69, 9.17) is 14.6 Å². The van der Waals surface area contributed by atoms with Gasteiger partial charge in [0.25, 0.3) is 0 Å². The lowest BCUT2D eigenvalue weighted by molar-refractivity contribution is 0.0695. The third kappa shape index (κ3) is 3.85. The molecule has 0 atom stereocenters. The van der Waals surface area contributed by atoms with Gasteiger partial charge in [-0.1, -0.05) is 0 Å². The maximum Gasteiger partial charge on any atom is 0.339 e. The van der Waals surface area contributed by atoms with Crippen molar-refractivity contribution in [3.8, 4) is 0 Å². The third-order valence-corrected chi connectivity index (χ3v) is 2.89. The molecule has 0 bridgehead atoms. The number of carboxylic acids is 1. The summed E-state index contributed by atoms with van der Waals surface area (Å²) >= 11 is 0. The smallest absolute Gasteiger partial charge is 0.339 e. The summed E-state index contributed by atoms with van der Waals surface area (Å²) in [5.74, 6) is 0.119. The molecule has 102 valence electrons. The van der Waals surface area contributed by atoms with Crippen LogP contribution in [0.5, 0.6) is 0 Å². The Morgan fingerprint density at radius 1 is 1.50 bits per heavy atom. The molecular formula is C13H21NO4. The van der Waals surface area contributed by atoms with E-state index in [1.165, 1.54) is 0 Å². The van der Waals surface area contributed by atoms with Gasteiger partial charge in [0.15, 0.2) is 0 Å². The number of nitrogens with zero attached hydrogens (tertiary/aromatic N) is 1. The van der Waals surface area contributed by atoms with Crippen molar-refractivity contribution in [2.45, 2.75) is 39.8 Å². The lowest BCUT2D eigenvalue weighted by atomic mass is 10.2. The highest BCUT2D eigenvalue weighted by atomic mass is 16.4. The maximum atomic E-state index is 10.9. The normalized spacial score (nSPS) is 11.4. The zero-order chi connectivity index (χ0) is 13.7. The van der Waals surface area contributed by atoms with Gasteiger partial charge in [0.05, 0.1) is 6.54 Å². The number of hydrogen-bond donors (Lipinski definition) is 2. The molecule has 0 fully saturated rings. The van der Waals surface area contributed by atoms with Crippen LogP contribution in [0.4, 0.5) is 0 Å². The second kappa shape index (κ2) is 6.56. The molecule has 0 aliphatic rings. The summed E-state index contributed by atoms with van der Waals surface area (Å²) in [6.45, 7) is 7.25. The third-order valence-electron chi connectivity index (χ3n) is 2.89. The zero-order valence-electron chi connectivity index (χ0n) is 11.1. The van der Waals surface area contributed by atoms with Crippen LogP contribution in [0.1, 0.15) is 42.1 Å². The zero-order valence-corrected chi connectivity index (χ0v) is 11.1. The second-order valence-corrected chi connectivity index (χ2v) is 4.63. The Morgan fingerprint density at radius 3 is 2.61 bits per heavy atom. The Balaban J connectivity index is 2.74. The molecule has 0 radical (unpaired) electrons. The van der Waals surface area contributed by atoms with Crippen LogP contribution in [0, 0.1) is 6.92 Å². The van der Waals surface area contributed by atoms with Crippen molar-refractivity contribution in [2.24, 2.45) is 0 Å². The average molecular weight is 255 g/mol. The number of furan rings is 1. The Labute approximate surface area is 107 Å². The van der Waals surface area contributed by atoms with Gasteiger partial charge in [-0.15, -0.1) is 0 Å². The molecule has 1 aromatic heterocycles. The van der Waals surface area contributed by atoms with E-state index in [-0.39, 0.29) is 12.2 Å².